The van der Waals surface area contributed by atoms with Crippen molar-refractivity contribution in [3.63, 3.8) is 0 Å². The predicted octanol–water partition coefficient (Wildman–Crippen LogP) is 4.22. The molecular formula is C21H18ClF2N5O. The Morgan fingerprint density at radius 3 is 2.70 bits per heavy atom. The van der Waals surface area contributed by atoms with Gasteiger partial charge in [-0.1, -0.05) is 29.8 Å². The summed E-state index contributed by atoms with van der Waals surface area (Å²) >= 11 is 6.06. The lowest BCUT2D eigenvalue weighted by Crippen LogP contribution is -2.40. The van der Waals surface area contributed by atoms with Gasteiger partial charge in [0.15, 0.2) is 0 Å². The number of nitrogens with zero attached hydrogens (tertiary/aromatic N) is 5. The van der Waals surface area contributed by atoms with Gasteiger partial charge in [0.05, 0.1) is 18.3 Å². The third-order valence-electron chi connectivity index (χ3n) is 5.08. The number of hydrogen-bond donors (Lipinski definition) is 1. The molecule has 0 bridgehead atoms. The minimum atomic E-state index is -1.79. The fourth-order valence-corrected chi connectivity index (χ4v) is 3.61. The fraction of sp³-hybridized carbons (Fsp3) is 0.190. The maximum absolute atomic E-state index is 14.7. The summed E-state index contributed by atoms with van der Waals surface area (Å²) in [5.41, 5.74) is -0.400. The van der Waals surface area contributed by atoms with Crippen LogP contribution in [-0.4, -0.2) is 29.7 Å². The quantitative estimate of drug-likeness (QED) is 0.498. The van der Waals surface area contributed by atoms with Crippen molar-refractivity contribution in [2.45, 2.75) is 25.1 Å². The molecule has 0 saturated heterocycles. The summed E-state index contributed by atoms with van der Waals surface area (Å²) in [4.78, 5) is 3.87. The van der Waals surface area contributed by atoms with Crippen LogP contribution in [-0.2, 0) is 12.1 Å². The van der Waals surface area contributed by atoms with Gasteiger partial charge < -0.3 is 5.11 Å². The van der Waals surface area contributed by atoms with Gasteiger partial charge in [-0.05, 0) is 31.2 Å². The Morgan fingerprint density at radius 2 is 2.00 bits per heavy atom. The Bertz CT molecular complexity index is 1160. The summed E-state index contributed by atoms with van der Waals surface area (Å²) in [5.74, 6) is -1.58. The minimum Gasteiger partial charge on any atom is -0.381 e. The van der Waals surface area contributed by atoms with Gasteiger partial charge in [0.25, 0.3) is 0 Å². The van der Waals surface area contributed by atoms with E-state index in [0.717, 1.165) is 17.7 Å². The van der Waals surface area contributed by atoms with E-state index in [9.17, 15) is 13.9 Å². The van der Waals surface area contributed by atoms with Crippen LogP contribution in [0.5, 0.6) is 0 Å². The van der Waals surface area contributed by atoms with E-state index in [4.69, 9.17) is 11.6 Å². The zero-order chi connectivity index (χ0) is 21.3. The second kappa shape index (κ2) is 7.97. The van der Waals surface area contributed by atoms with Crippen molar-refractivity contribution >= 4 is 11.6 Å². The molecule has 0 radical (unpaired) electrons. The predicted molar refractivity (Wildman–Crippen MR) is 108 cm³/mol. The second-order valence-electron chi connectivity index (χ2n) is 7.01. The van der Waals surface area contributed by atoms with E-state index in [1.807, 2.05) is 12.1 Å². The van der Waals surface area contributed by atoms with Crippen molar-refractivity contribution in [1.82, 2.24) is 24.5 Å². The first-order valence-corrected chi connectivity index (χ1v) is 9.56. The van der Waals surface area contributed by atoms with Gasteiger partial charge >= 0.3 is 0 Å². The molecule has 0 aliphatic heterocycles. The Balaban J connectivity index is 1.75. The zero-order valence-electron chi connectivity index (χ0n) is 16.0. The van der Waals surface area contributed by atoms with Gasteiger partial charge in [0, 0.05) is 28.4 Å². The van der Waals surface area contributed by atoms with E-state index in [0.29, 0.717) is 10.7 Å². The summed E-state index contributed by atoms with van der Waals surface area (Å²) in [6.07, 6.45) is 4.42. The highest BCUT2D eigenvalue weighted by molar-refractivity contribution is 6.30. The lowest BCUT2D eigenvalue weighted by atomic mass is 9.86. The molecule has 1 N–H and O–H groups in total. The normalized spacial score (nSPS) is 14.4. The number of aliphatic hydroxyl groups is 1. The van der Waals surface area contributed by atoms with Crippen molar-refractivity contribution in [1.29, 1.82) is 0 Å². The van der Waals surface area contributed by atoms with Crippen molar-refractivity contribution in [2.75, 3.05) is 0 Å². The highest BCUT2D eigenvalue weighted by atomic mass is 35.5. The van der Waals surface area contributed by atoms with E-state index in [1.165, 1.54) is 28.1 Å². The first kappa shape index (κ1) is 20.2. The molecule has 2 aromatic carbocycles. The third-order valence-corrected chi connectivity index (χ3v) is 5.32. The molecule has 6 nitrogen and oxygen atoms in total. The molecule has 2 aromatic heterocycles. The first-order valence-electron chi connectivity index (χ1n) is 9.18. The number of aromatic nitrogens is 5. The summed E-state index contributed by atoms with van der Waals surface area (Å²) in [5, 5.41) is 20.8. The Kier molecular flexibility index (Phi) is 5.36. The van der Waals surface area contributed by atoms with E-state index >= 15 is 0 Å². The van der Waals surface area contributed by atoms with Gasteiger partial charge in [-0.3, -0.25) is 4.68 Å². The summed E-state index contributed by atoms with van der Waals surface area (Å²) in [7, 11) is 0. The molecule has 4 aromatic rings. The third kappa shape index (κ3) is 3.83. The summed E-state index contributed by atoms with van der Waals surface area (Å²) in [6, 6.07) is 11.4. The van der Waals surface area contributed by atoms with Gasteiger partial charge in [0.2, 0.25) is 0 Å². The van der Waals surface area contributed by atoms with Crippen molar-refractivity contribution in [2.24, 2.45) is 0 Å². The lowest BCUT2D eigenvalue weighted by Gasteiger charge is -2.34. The van der Waals surface area contributed by atoms with Crippen LogP contribution in [0.25, 0.3) is 11.3 Å². The molecular weight excluding hydrogens is 412 g/mol. The molecule has 30 heavy (non-hydrogen) atoms. The topological polar surface area (TPSA) is 68.8 Å². The van der Waals surface area contributed by atoms with Crippen LogP contribution in [0.15, 0.2) is 67.4 Å². The van der Waals surface area contributed by atoms with Crippen LogP contribution in [0, 0.1) is 11.6 Å². The largest absolute Gasteiger partial charge is 0.381 e. The van der Waals surface area contributed by atoms with E-state index in [2.05, 4.69) is 15.2 Å². The summed E-state index contributed by atoms with van der Waals surface area (Å²) < 4.78 is 31.1. The van der Waals surface area contributed by atoms with Crippen molar-refractivity contribution in [3.05, 3.63) is 89.6 Å². The minimum absolute atomic E-state index is 0.0632. The molecule has 9 heteroatoms. The molecule has 0 saturated carbocycles. The van der Waals surface area contributed by atoms with Crippen LogP contribution in [0.3, 0.4) is 0 Å². The molecule has 154 valence electrons. The monoisotopic (exact) mass is 429 g/mol. The highest BCUT2D eigenvalue weighted by Gasteiger charge is 2.40. The first-order chi connectivity index (χ1) is 14.4. The Hall–Kier alpha value is -3.10. The highest BCUT2D eigenvalue weighted by Crippen LogP contribution is 2.37. The maximum Gasteiger partial charge on any atom is 0.137 e. The molecule has 0 unspecified atom stereocenters. The smallest absolute Gasteiger partial charge is 0.137 e. The van der Waals surface area contributed by atoms with E-state index in [1.54, 1.807) is 31.3 Å². The van der Waals surface area contributed by atoms with Gasteiger partial charge in [0.1, 0.15) is 29.9 Å². The van der Waals surface area contributed by atoms with Crippen molar-refractivity contribution < 1.29 is 13.9 Å². The van der Waals surface area contributed by atoms with Gasteiger partial charge in [-0.2, -0.15) is 10.2 Å². The molecule has 0 spiro atoms. The van der Waals surface area contributed by atoms with Crippen LogP contribution >= 0.6 is 11.6 Å². The van der Waals surface area contributed by atoms with E-state index in [-0.39, 0.29) is 12.1 Å². The molecule has 2 heterocycles. The van der Waals surface area contributed by atoms with Gasteiger partial charge in [-0.25, -0.2) is 18.4 Å². The molecule has 0 fully saturated rings. The second-order valence-corrected chi connectivity index (χ2v) is 7.45. The number of halogens is 3. The molecule has 0 amide bonds. The van der Waals surface area contributed by atoms with Crippen LogP contribution in [0.4, 0.5) is 8.78 Å². The lowest BCUT2D eigenvalue weighted by molar-refractivity contribution is -0.0368. The molecule has 0 aliphatic carbocycles. The average Bonchev–Trinajstić information content (AvgIpc) is 3.39. The van der Waals surface area contributed by atoms with Gasteiger partial charge in [-0.15, -0.1) is 0 Å². The number of benzene rings is 2. The van der Waals surface area contributed by atoms with Crippen LogP contribution < -0.4 is 0 Å². The van der Waals surface area contributed by atoms with Crippen LogP contribution in [0.2, 0.25) is 5.02 Å². The average molecular weight is 430 g/mol. The maximum atomic E-state index is 14.7. The SMILES string of the molecule is C[C@@H](n1ccc(-c2cccc(Cl)c2)n1)[C@](O)(Cn1cncn1)c1ccc(F)cc1F. The zero-order valence-corrected chi connectivity index (χ0v) is 16.7. The molecule has 0 aliphatic rings. The standard InChI is InChI=1S/C21H18ClF2N5O/c1-14(29-8-7-20(27-29)15-3-2-4-16(22)9-15)21(30,11-28-13-25-12-26-28)18-6-5-17(23)10-19(18)24/h2-10,12-14,30H,11H2,1H3/t14-,21-/m1/s1. The summed E-state index contributed by atoms with van der Waals surface area (Å²) in [6.45, 7) is 1.59. The van der Waals surface area contributed by atoms with E-state index < -0.39 is 23.3 Å². The Labute approximate surface area is 176 Å². The molecule has 2 atom stereocenters. The number of rotatable bonds is 6. The molecule has 4 rings (SSSR count). The van der Waals surface area contributed by atoms with Crippen molar-refractivity contribution in [3.8, 4) is 11.3 Å². The fourth-order valence-electron chi connectivity index (χ4n) is 3.42. The number of hydrogen-bond acceptors (Lipinski definition) is 4. The van der Waals surface area contributed by atoms with Crippen LogP contribution in [0.1, 0.15) is 18.5 Å². The Morgan fingerprint density at radius 1 is 1.17 bits per heavy atom.